The summed E-state index contributed by atoms with van der Waals surface area (Å²) in [6, 6.07) is 6.17. The largest absolute Gasteiger partial charge is 0.497 e. The first-order valence-electron chi connectivity index (χ1n) is 7.45. The Morgan fingerprint density at radius 3 is 2.57 bits per heavy atom. The molecule has 0 spiro atoms. The van der Waals surface area contributed by atoms with Crippen molar-refractivity contribution in [3.05, 3.63) is 28.2 Å². The van der Waals surface area contributed by atoms with Gasteiger partial charge in [-0.3, -0.25) is 0 Å². The third-order valence-electron chi connectivity index (χ3n) is 4.25. The van der Waals surface area contributed by atoms with E-state index in [1.165, 1.54) is 5.56 Å². The van der Waals surface area contributed by atoms with E-state index in [0.29, 0.717) is 5.92 Å². The third kappa shape index (κ3) is 5.61. The third-order valence-corrected chi connectivity index (χ3v) is 5.03. The minimum Gasteiger partial charge on any atom is -0.497 e. The van der Waals surface area contributed by atoms with E-state index in [9.17, 15) is 0 Å². The molecule has 1 unspecified atom stereocenters. The van der Waals surface area contributed by atoms with Gasteiger partial charge in [0.05, 0.1) is 13.7 Å². The summed E-state index contributed by atoms with van der Waals surface area (Å²) in [6.45, 7) is 9.51. The number of rotatable bonds is 9. The molecule has 0 amide bonds. The molecule has 0 aliphatic carbocycles. The first-order valence-corrected chi connectivity index (χ1v) is 8.24. The summed E-state index contributed by atoms with van der Waals surface area (Å²) < 4.78 is 11.6. The lowest BCUT2D eigenvalue weighted by Crippen LogP contribution is -2.39. The van der Waals surface area contributed by atoms with Crippen LogP contribution < -0.4 is 10.1 Å². The minimum atomic E-state index is 0.183. The molecule has 0 bridgehead atoms. The van der Waals surface area contributed by atoms with Crippen LogP contribution in [0.4, 0.5) is 0 Å². The van der Waals surface area contributed by atoms with E-state index in [1.807, 2.05) is 6.07 Å². The molecule has 1 rings (SSSR count). The van der Waals surface area contributed by atoms with E-state index in [0.717, 1.165) is 36.3 Å². The summed E-state index contributed by atoms with van der Waals surface area (Å²) in [6.07, 6.45) is 1.00. The number of benzene rings is 1. The molecular formula is C17H28BrNO2. The molecule has 0 radical (unpaired) electrons. The molecule has 1 aromatic carbocycles. The molecule has 0 saturated carbocycles. The quantitative estimate of drug-likeness (QED) is 0.679. The van der Waals surface area contributed by atoms with Gasteiger partial charge in [0, 0.05) is 24.7 Å². The Morgan fingerprint density at radius 2 is 2.00 bits per heavy atom. The van der Waals surface area contributed by atoms with Crippen molar-refractivity contribution >= 4 is 15.9 Å². The second-order valence-corrected chi connectivity index (χ2v) is 6.97. The maximum Gasteiger partial charge on any atom is 0.119 e. The Bertz CT molecular complexity index is 437. The monoisotopic (exact) mass is 357 g/mol. The van der Waals surface area contributed by atoms with Crippen LogP contribution in [0.1, 0.15) is 26.3 Å². The average molecular weight is 358 g/mol. The molecule has 0 saturated heterocycles. The van der Waals surface area contributed by atoms with Crippen molar-refractivity contribution in [1.29, 1.82) is 0 Å². The van der Waals surface area contributed by atoms with Crippen molar-refractivity contribution in [2.75, 3.05) is 33.9 Å². The summed E-state index contributed by atoms with van der Waals surface area (Å²) in [4.78, 5) is 0. The van der Waals surface area contributed by atoms with Gasteiger partial charge in [0.2, 0.25) is 0 Å². The fourth-order valence-corrected chi connectivity index (χ4v) is 2.65. The molecule has 3 nitrogen and oxygen atoms in total. The normalized spacial score (nSPS) is 14.2. The Labute approximate surface area is 137 Å². The van der Waals surface area contributed by atoms with Crippen LogP contribution >= 0.6 is 15.9 Å². The summed E-state index contributed by atoms with van der Waals surface area (Å²) in [5.74, 6) is 1.48. The van der Waals surface area contributed by atoms with E-state index in [2.05, 4.69) is 54.2 Å². The Morgan fingerprint density at radius 1 is 1.29 bits per heavy atom. The van der Waals surface area contributed by atoms with Gasteiger partial charge in [-0.05, 0) is 41.5 Å². The number of methoxy groups -OCH3 is 2. The van der Waals surface area contributed by atoms with Crippen molar-refractivity contribution in [3.8, 4) is 5.75 Å². The molecule has 1 aromatic rings. The Balaban J connectivity index is 2.81. The van der Waals surface area contributed by atoms with Crippen molar-refractivity contribution < 1.29 is 9.47 Å². The Hall–Kier alpha value is -0.580. The fraction of sp³-hybridized carbons (Fsp3) is 0.647. The topological polar surface area (TPSA) is 30.5 Å². The minimum absolute atomic E-state index is 0.183. The van der Waals surface area contributed by atoms with E-state index >= 15 is 0 Å². The van der Waals surface area contributed by atoms with Crippen molar-refractivity contribution in [2.45, 2.75) is 27.2 Å². The van der Waals surface area contributed by atoms with Gasteiger partial charge in [0.15, 0.2) is 0 Å². The smallest absolute Gasteiger partial charge is 0.119 e. The first kappa shape index (κ1) is 18.5. The summed E-state index contributed by atoms with van der Waals surface area (Å²) >= 11 is 3.66. The van der Waals surface area contributed by atoms with Crippen molar-refractivity contribution in [3.63, 3.8) is 0 Å². The number of ether oxygens (including phenoxy) is 2. The van der Waals surface area contributed by atoms with Gasteiger partial charge in [-0.1, -0.05) is 36.7 Å². The lowest BCUT2D eigenvalue weighted by molar-refractivity contribution is 0.175. The van der Waals surface area contributed by atoms with Gasteiger partial charge >= 0.3 is 0 Å². The number of hydrogen-bond donors (Lipinski definition) is 1. The van der Waals surface area contributed by atoms with Gasteiger partial charge in [0.1, 0.15) is 5.75 Å². The number of halogens is 1. The highest BCUT2D eigenvalue weighted by Crippen LogP contribution is 2.34. The highest BCUT2D eigenvalue weighted by Gasteiger charge is 2.29. The van der Waals surface area contributed by atoms with Gasteiger partial charge < -0.3 is 14.8 Å². The van der Waals surface area contributed by atoms with Gasteiger partial charge in [-0.2, -0.15) is 0 Å². The standard InChI is InChI=1S/C17H28BrNO2/c1-13(2)17(3,12-19-8-9-20-4)11-14-10-15(21-5)6-7-16(14)18/h6-7,10,13,19H,8-9,11-12H2,1-5H3. The second kappa shape index (κ2) is 8.76. The number of nitrogens with one attached hydrogen (secondary N) is 1. The summed E-state index contributed by atoms with van der Waals surface area (Å²) in [5, 5.41) is 3.51. The zero-order valence-corrected chi connectivity index (χ0v) is 15.4. The van der Waals surface area contributed by atoms with Crippen molar-refractivity contribution in [2.24, 2.45) is 11.3 Å². The molecule has 0 aliphatic rings. The molecule has 21 heavy (non-hydrogen) atoms. The lowest BCUT2D eigenvalue weighted by atomic mass is 9.74. The molecule has 120 valence electrons. The van der Waals surface area contributed by atoms with Gasteiger partial charge in [-0.25, -0.2) is 0 Å². The van der Waals surface area contributed by atoms with Gasteiger partial charge in [0.25, 0.3) is 0 Å². The van der Waals surface area contributed by atoms with Crippen molar-refractivity contribution in [1.82, 2.24) is 5.32 Å². The van der Waals surface area contributed by atoms with Gasteiger partial charge in [-0.15, -0.1) is 0 Å². The average Bonchev–Trinajstić information content (AvgIpc) is 2.46. The molecule has 4 heteroatoms. The molecule has 0 aromatic heterocycles. The first-order chi connectivity index (χ1) is 9.92. The molecular weight excluding hydrogens is 330 g/mol. The SMILES string of the molecule is COCCNCC(C)(Cc1cc(OC)ccc1Br)C(C)C. The maximum absolute atomic E-state index is 5.34. The highest BCUT2D eigenvalue weighted by molar-refractivity contribution is 9.10. The zero-order chi connectivity index (χ0) is 15.9. The van der Waals surface area contributed by atoms with E-state index in [-0.39, 0.29) is 5.41 Å². The van der Waals surface area contributed by atoms with Crippen LogP contribution in [0.25, 0.3) is 0 Å². The van der Waals surface area contributed by atoms with E-state index in [1.54, 1.807) is 14.2 Å². The second-order valence-electron chi connectivity index (χ2n) is 6.11. The predicted octanol–water partition coefficient (Wildman–Crippen LogP) is 3.90. The van der Waals surface area contributed by atoms with Crippen LogP contribution in [0.15, 0.2) is 22.7 Å². The van der Waals surface area contributed by atoms with E-state index < -0.39 is 0 Å². The maximum atomic E-state index is 5.34. The molecule has 0 heterocycles. The lowest BCUT2D eigenvalue weighted by Gasteiger charge is -2.35. The molecule has 0 fully saturated rings. The molecule has 1 N–H and O–H groups in total. The number of hydrogen-bond acceptors (Lipinski definition) is 3. The Kier molecular flexibility index (Phi) is 7.71. The summed E-state index contributed by atoms with van der Waals surface area (Å²) in [7, 11) is 3.44. The van der Waals surface area contributed by atoms with Crippen LogP contribution in [-0.4, -0.2) is 33.9 Å². The van der Waals surface area contributed by atoms with Crippen LogP contribution in [0.5, 0.6) is 5.75 Å². The van der Waals surface area contributed by atoms with Crippen LogP contribution in [0.2, 0.25) is 0 Å². The highest BCUT2D eigenvalue weighted by atomic mass is 79.9. The van der Waals surface area contributed by atoms with Crippen LogP contribution in [-0.2, 0) is 11.2 Å². The predicted molar refractivity (Wildman–Crippen MR) is 92.1 cm³/mol. The van der Waals surface area contributed by atoms with Crippen LogP contribution in [0, 0.1) is 11.3 Å². The zero-order valence-electron chi connectivity index (χ0n) is 13.8. The summed E-state index contributed by atoms with van der Waals surface area (Å²) in [5.41, 5.74) is 1.47. The van der Waals surface area contributed by atoms with E-state index in [4.69, 9.17) is 9.47 Å². The molecule has 0 aliphatic heterocycles. The van der Waals surface area contributed by atoms with Crippen LogP contribution in [0.3, 0.4) is 0 Å². The fourth-order valence-electron chi connectivity index (χ4n) is 2.27. The molecule has 1 atom stereocenters.